The van der Waals surface area contributed by atoms with E-state index in [0.717, 1.165) is 17.1 Å². The highest BCUT2D eigenvalue weighted by Crippen LogP contribution is 2.40. The van der Waals surface area contributed by atoms with Gasteiger partial charge in [0, 0.05) is 17.1 Å². The standard InChI is InChI=1S/C54H37NSi/c1-3-13-38(14-4-1)40-23-30-44(31-24-40)55(45-32-25-41(26-33-45)39-15-5-2-6-16-39)46-34-27-42(28-35-46)43-29-36-50-49-19-9-12-22-53(49)56(54(50)37-43)51-20-10-7-17-47(51)48-18-8-11-21-52(48)56/h1-37H. The molecule has 2 aliphatic rings. The molecule has 1 nitrogen and oxygen atoms in total. The van der Waals surface area contributed by atoms with Crippen molar-refractivity contribution < 1.29 is 0 Å². The summed E-state index contributed by atoms with van der Waals surface area (Å²) in [6.07, 6.45) is 0. The summed E-state index contributed by atoms with van der Waals surface area (Å²) in [5.74, 6) is 0. The van der Waals surface area contributed by atoms with Gasteiger partial charge in [0.2, 0.25) is 0 Å². The number of nitrogens with zero attached hydrogens (tertiary/aromatic N) is 1. The zero-order valence-corrected chi connectivity index (χ0v) is 31.8. The molecule has 0 unspecified atom stereocenters. The van der Waals surface area contributed by atoms with Crippen LogP contribution in [0.3, 0.4) is 0 Å². The minimum Gasteiger partial charge on any atom is -0.311 e. The lowest BCUT2D eigenvalue weighted by atomic mass is 10.00. The summed E-state index contributed by atoms with van der Waals surface area (Å²) in [5.41, 5.74) is 16.2. The Morgan fingerprint density at radius 3 is 0.946 bits per heavy atom. The monoisotopic (exact) mass is 727 g/mol. The Balaban J connectivity index is 1.01. The van der Waals surface area contributed by atoms with Crippen molar-refractivity contribution in [2.45, 2.75) is 0 Å². The average molecular weight is 728 g/mol. The van der Waals surface area contributed by atoms with E-state index in [4.69, 9.17) is 0 Å². The number of anilines is 3. The van der Waals surface area contributed by atoms with Crippen molar-refractivity contribution in [1.82, 2.24) is 0 Å². The molecule has 0 N–H and O–H groups in total. The number of hydrogen-bond acceptors (Lipinski definition) is 1. The molecule has 0 amide bonds. The maximum Gasteiger partial charge on any atom is 0.182 e. The normalized spacial score (nSPS) is 12.8. The quantitative estimate of drug-likeness (QED) is 0.154. The molecule has 11 rings (SSSR count). The van der Waals surface area contributed by atoms with E-state index in [9.17, 15) is 0 Å². The molecule has 9 aromatic rings. The van der Waals surface area contributed by atoms with Crippen molar-refractivity contribution >= 4 is 45.9 Å². The third-order valence-corrected chi connectivity index (χ3v) is 16.9. The number of fused-ring (bicyclic) bond motifs is 10. The molecule has 0 aliphatic carbocycles. The summed E-state index contributed by atoms with van der Waals surface area (Å²) in [7, 11) is -2.50. The molecular formula is C54H37NSi. The largest absolute Gasteiger partial charge is 0.311 e. The Morgan fingerprint density at radius 2 is 0.536 bits per heavy atom. The van der Waals surface area contributed by atoms with Crippen LogP contribution in [-0.4, -0.2) is 8.07 Å². The second-order valence-electron chi connectivity index (χ2n) is 14.9. The van der Waals surface area contributed by atoms with Gasteiger partial charge in [-0.1, -0.05) is 188 Å². The lowest BCUT2D eigenvalue weighted by molar-refractivity contribution is 1.28. The highest BCUT2D eigenvalue weighted by molar-refractivity contribution is 7.24. The average Bonchev–Trinajstić information content (AvgIpc) is 3.75. The lowest BCUT2D eigenvalue weighted by Gasteiger charge is -2.28. The van der Waals surface area contributed by atoms with Crippen LogP contribution in [0.1, 0.15) is 0 Å². The molecule has 262 valence electrons. The Labute approximate surface area is 329 Å². The van der Waals surface area contributed by atoms with E-state index in [2.05, 4.69) is 229 Å². The van der Waals surface area contributed by atoms with Crippen LogP contribution in [0.15, 0.2) is 224 Å². The lowest BCUT2D eigenvalue weighted by Crippen LogP contribution is -2.70. The molecule has 56 heavy (non-hydrogen) atoms. The van der Waals surface area contributed by atoms with Crippen molar-refractivity contribution in [1.29, 1.82) is 0 Å². The van der Waals surface area contributed by atoms with Crippen LogP contribution < -0.4 is 25.6 Å². The zero-order chi connectivity index (χ0) is 37.1. The summed E-state index contributed by atoms with van der Waals surface area (Å²) in [5, 5.41) is 6.02. The highest BCUT2D eigenvalue weighted by Gasteiger charge is 2.53. The summed E-state index contributed by atoms with van der Waals surface area (Å²) >= 11 is 0. The van der Waals surface area contributed by atoms with Gasteiger partial charge in [-0.15, -0.1) is 0 Å². The summed E-state index contributed by atoms with van der Waals surface area (Å²) in [4.78, 5) is 2.36. The number of benzene rings is 9. The third kappa shape index (κ3) is 5.00. The van der Waals surface area contributed by atoms with Crippen molar-refractivity contribution in [3.63, 3.8) is 0 Å². The van der Waals surface area contributed by atoms with Gasteiger partial charge < -0.3 is 4.90 Å². The molecule has 1 spiro atoms. The van der Waals surface area contributed by atoms with Gasteiger partial charge in [0.25, 0.3) is 0 Å². The Bertz CT molecular complexity index is 2730. The van der Waals surface area contributed by atoms with Crippen molar-refractivity contribution in [2.75, 3.05) is 4.90 Å². The van der Waals surface area contributed by atoms with Gasteiger partial charge in [0.05, 0.1) is 0 Å². The van der Waals surface area contributed by atoms with E-state index in [1.807, 2.05) is 0 Å². The predicted molar refractivity (Wildman–Crippen MR) is 239 cm³/mol. The van der Waals surface area contributed by atoms with Crippen LogP contribution in [-0.2, 0) is 0 Å². The summed E-state index contributed by atoms with van der Waals surface area (Å²) in [6, 6.07) is 82.9. The van der Waals surface area contributed by atoms with E-state index >= 15 is 0 Å². The van der Waals surface area contributed by atoms with Gasteiger partial charge in [-0.05, 0) is 113 Å². The van der Waals surface area contributed by atoms with Gasteiger partial charge in [0.1, 0.15) is 0 Å². The topological polar surface area (TPSA) is 3.24 Å². The van der Waals surface area contributed by atoms with E-state index in [0.29, 0.717) is 0 Å². The van der Waals surface area contributed by atoms with Gasteiger partial charge in [-0.2, -0.15) is 0 Å². The SMILES string of the molecule is c1ccc(-c2ccc(N(c3ccc(-c4ccccc4)cc3)c3ccc(-c4ccc5c(c4)[Si]4(c6ccccc6-c6ccccc64)c4ccccc4-5)cc3)cc2)cc1. The van der Waals surface area contributed by atoms with E-state index in [1.165, 1.54) is 76.4 Å². The third-order valence-electron chi connectivity index (χ3n) is 11.9. The molecule has 0 aromatic heterocycles. The van der Waals surface area contributed by atoms with Gasteiger partial charge in [-0.3, -0.25) is 0 Å². The fraction of sp³-hybridized carbons (Fsp3) is 0. The second kappa shape index (κ2) is 13.1. The van der Waals surface area contributed by atoms with Crippen LogP contribution in [0.2, 0.25) is 0 Å². The first kappa shape index (κ1) is 32.4. The molecule has 2 heteroatoms. The van der Waals surface area contributed by atoms with Crippen LogP contribution >= 0.6 is 0 Å². The Morgan fingerprint density at radius 1 is 0.232 bits per heavy atom. The number of hydrogen-bond donors (Lipinski definition) is 0. The first-order chi connectivity index (χ1) is 27.8. The van der Waals surface area contributed by atoms with Crippen molar-refractivity contribution in [3.8, 4) is 55.6 Å². The molecule has 0 atom stereocenters. The minimum atomic E-state index is -2.50. The molecule has 0 saturated carbocycles. The smallest absolute Gasteiger partial charge is 0.182 e. The van der Waals surface area contributed by atoms with Crippen LogP contribution in [0.4, 0.5) is 17.1 Å². The van der Waals surface area contributed by atoms with E-state index in [-0.39, 0.29) is 0 Å². The van der Waals surface area contributed by atoms with Crippen LogP contribution in [0.5, 0.6) is 0 Å². The van der Waals surface area contributed by atoms with E-state index in [1.54, 1.807) is 0 Å². The number of rotatable bonds is 6. The molecule has 0 radical (unpaired) electrons. The Hall–Kier alpha value is -7.00. The predicted octanol–water partition coefficient (Wildman–Crippen LogP) is 11.5. The molecule has 9 aromatic carbocycles. The zero-order valence-electron chi connectivity index (χ0n) is 30.8. The summed E-state index contributed by atoms with van der Waals surface area (Å²) < 4.78 is 0. The molecule has 0 saturated heterocycles. The molecule has 2 heterocycles. The summed E-state index contributed by atoms with van der Waals surface area (Å²) in [6.45, 7) is 0. The van der Waals surface area contributed by atoms with Crippen LogP contribution in [0.25, 0.3) is 55.6 Å². The maximum absolute atomic E-state index is 2.53. The Kier molecular flexibility index (Phi) is 7.58. The molecule has 0 fully saturated rings. The van der Waals surface area contributed by atoms with E-state index < -0.39 is 8.07 Å². The first-order valence-corrected chi connectivity index (χ1v) is 21.4. The van der Waals surface area contributed by atoms with Gasteiger partial charge in [-0.25, -0.2) is 0 Å². The fourth-order valence-corrected chi connectivity index (χ4v) is 15.0. The molecule has 2 aliphatic heterocycles. The molecule has 0 bridgehead atoms. The maximum atomic E-state index is 2.53. The van der Waals surface area contributed by atoms with Crippen LogP contribution in [0, 0.1) is 0 Å². The minimum absolute atomic E-state index is 1.12. The van der Waals surface area contributed by atoms with Gasteiger partial charge >= 0.3 is 0 Å². The highest BCUT2D eigenvalue weighted by atomic mass is 28.3. The van der Waals surface area contributed by atoms with Gasteiger partial charge in [0.15, 0.2) is 8.07 Å². The second-order valence-corrected chi connectivity index (χ2v) is 18.5. The molecular weight excluding hydrogens is 691 g/mol. The first-order valence-electron chi connectivity index (χ1n) is 19.4. The fourth-order valence-electron chi connectivity index (χ4n) is 9.39. The van der Waals surface area contributed by atoms with Crippen molar-refractivity contribution in [3.05, 3.63) is 224 Å². The van der Waals surface area contributed by atoms with Crippen molar-refractivity contribution in [2.24, 2.45) is 0 Å².